The summed E-state index contributed by atoms with van der Waals surface area (Å²) in [5.41, 5.74) is 2.61. The van der Waals surface area contributed by atoms with Gasteiger partial charge in [0.05, 0.1) is 0 Å². The zero-order valence-corrected chi connectivity index (χ0v) is 11.4. The van der Waals surface area contributed by atoms with Crippen molar-refractivity contribution in [1.82, 2.24) is 0 Å². The molecular weight excluding hydrogens is 300 g/mol. The highest BCUT2D eigenvalue weighted by molar-refractivity contribution is 9.10. The number of aryl methyl sites for hydroxylation is 1. The molecule has 0 bridgehead atoms. The van der Waals surface area contributed by atoms with Crippen LogP contribution in [0.2, 0.25) is 0 Å². The molecule has 0 fully saturated rings. The Morgan fingerprint density at radius 2 is 1.72 bits per heavy atom. The third-order valence-corrected chi connectivity index (χ3v) is 3.45. The zero-order valence-electron chi connectivity index (χ0n) is 9.81. The minimum Gasteiger partial charge on any atom is -0.381 e. The number of anilines is 1. The van der Waals surface area contributed by atoms with Gasteiger partial charge in [-0.15, -0.1) is 0 Å². The van der Waals surface area contributed by atoms with Gasteiger partial charge in [0.2, 0.25) is 0 Å². The highest BCUT2D eigenvalue weighted by atomic mass is 79.9. The van der Waals surface area contributed by atoms with E-state index in [1.807, 2.05) is 25.1 Å². The number of nitrogens with one attached hydrogen (secondary N) is 1. The lowest BCUT2D eigenvalue weighted by Gasteiger charge is -2.08. The Hall–Kier alpha value is -1.42. The summed E-state index contributed by atoms with van der Waals surface area (Å²) in [4.78, 5) is 0. The highest BCUT2D eigenvalue weighted by Crippen LogP contribution is 2.21. The van der Waals surface area contributed by atoms with Gasteiger partial charge in [-0.1, -0.05) is 22.0 Å². The van der Waals surface area contributed by atoms with E-state index in [4.69, 9.17) is 0 Å². The predicted molar refractivity (Wildman–Crippen MR) is 72.6 cm³/mol. The summed E-state index contributed by atoms with van der Waals surface area (Å²) < 4.78 is 27.0. The Bertz CT molecular complexity index is 549. The number of hydrogen-bond donors (Lipinski definition) is 1. The van der Waals surface area contributed by atoms with Crippen LogP contribution >= 0.6 is 15.9 Å². The molecule has 0 aliphatic carbocycles. The fraction of sp³-hybridized carbons (Fsp3) is 0.143. The highest BCUT2D eigenvalue weighted by Gasteiger charge is 2.01. The van der Waals surface area contributed by atoms with Gasteiger partial charge in [0.15, 0.2) is 0 Å². The van der Waals surface area contributed by atoms with Crippen molar-refractivity contribution >= 4 is 21.6 Å². The number of benzene rings is 2. The average molecular weight is 312 g/mol. The molecule has 0 aliphatic rings. The van der Waals surface area contributed by atoms with Gasteiger partial charge in [-0.2, -0.15) is 0 Å². The van der Waals surface area contributed by atoms with E-state index in [0.29, 0.717) is 12.1 Å². The van der Waals surface area contributed by atoms with Crippen molar-refractivity contribution in [1.29, 1.82) is 0 Å². The van der Waals surface area contributed by atoms with E-state index in [1.54, 1.807) is 0 Å². The fourth-order valence-corrected chi connectivity index (χ4v) is 2.00. The van der Waals surface area contributed by atoms with Gasteiger partial charge < -0.3 is 5.32 Å². The average Bonchev–Trinajstić information content (AvgIpc) is 2.29. The minimum atomic E-state index is -0.558. The molecule has 0 unspecified atom stereocenters. The number of hydrogen-bond acceptors (Lipinski definition) is 1. The fourth-order valence-electron chi connectivity index (χ4n) is 1.62. The second-order valence-corrected chi connectivity index (χ2v) is 4.95. The summed E-state index contributed by atoms with van der Waals surface area (Å²) >= 11 is 3.44. The minimum absolute atomic E-state index is 0.379. The van der Waals surface area contributed by atoms with E-state index in [0.717, 1.165) is 21.8 Å². The normalized spacial score (nSPS) is 10.4. The van der Waals surface area contributed by atoms with E-state index in [-0.39, 0.29) is 0 Å². The Morgan fingerprint density at radius 1 is 1.06 bits per heavy atom. The van der Waals surface area contributed by atoms with Gasteiger partial charge >= 0.3 is 0 Å². The maximum absolute atomic E-state index is 13.0. The van der Waals surface area contributed by atoms with Crippen LogP contribution in [0.4, 0.5) is 14.5 Å². The first-order chi connectivity index (χ1) is 8.54. The van der Waals surface area contributed by atoms with Crippen molar-refractivity contribution < 1.29 is 8.78 Å². The molecule has 2 rings (SSSR count). The van der Waals surface area contributed by atoms with Crippen molar-refractivity contribution in [2.45, 2.75) is 13.5 Å². The van der Waals surface area contributed by atoms with Crippen molar-refractivity contribution in [3.63, 3.8) is 0 Å². The third kappa shape index (κ3) is 3.29. The van der Waals surface area contributed by atoms with E-state index < -0.39 is 11.6 Å². The molecule has 2 aromatic carbocycles. The SMILES string of the molecule is Cc1ccc(NCc2cc(F)cc(F)c2)cc1Br. The molecule has 0 aliphatic heterocycles. The van der Waals surface area contributed by atoms with Gasteiger partial charge in [-0.05, 0) is 42.3 Å². The maximum atomic E-state index is 13.0. The van der Waals surface area contributed by atoms with Crippen LogP contribution in [0.15, 0.2) is 40.9 Å². The van der Waals surface area contributed by atoms with Crippen LogP contribution in [0, 0.1) is 18.6 Å². The quantitative estimate of drug-likeness (QED) is 0.870. The summed E-state index contributed by atoms with van der Waals surface area (Å²) in [7, 11) is 0. The van der Waals surface area contributed by atoms with Crippen LogP contribution in [0.1, 0.15) is 11.1 Å². The molecule has 0 saturated heterocycles. The summed E-state index contributed by atoms with van der Waals surface area (Å²) in [6.45, 7) is 2.37. The Morgan fingerprint density at radius 3 is 2.33 bits per heavy atom. The van der Waals surface area contributed by atoms with Crippen LogP contribution < -0.4 is 5.32 Å². The molecular formula is C14H12BrF2N. The van der Waals surface area contributed by atoms with E-state index in [9.17, 15) is 8.78 Å². The molecule has 94 valence electrons. The molecule has 4 heteroatoms. The first kappa shape index (κ1) is 13.0. The molecule has 0 aromatic heterocycles. The van der Waals surface area contributed by atoms with E-state index in [2.05, 4.69) is 21.2 Å². The van der Waals surface area contributed by atoms with Crippen molar-refractivity contribution in [2.24, 2.45) is 0 Å². The third-order valence-electron chi connectivity index (χ3n) is 2.59. The molecule has 0 amide bonds. The predicted octanol–water partition coefficient (Wildman–Crippen LogP) is 4.65. The van der Waals surface area contributed by atoms with E-state index in [1.165, 1.54) is 12.1 Å². The molecule has 1 nitrogen and oxygen atoms in total. The Kier molecular flexibility index (Phi) is 3.97. The van der Waals surface area contributed by atoms with Crippen molar-refractivity contribution in [3.8, 4) is 0 Å². The molecule has 1 N–H and O–H groups in total. The molecule has 0 saturated carbocycles. The molecule has 0 heterocycles. The molecule has 2 aromatic rings. The molecule has 0 spiro atoms. The zero-order chi connectivity index (χ0) is 13.1. The Balaban J connectivity index is 2.08. The van der Waals surface area contributed by atoms with E-state index >= 15 is 0 Å². The lowest BCUT2D eigenvalue weighted by molar-refractivity contribution is 0.580. The molecule has 18 heavy (non-hydrogen) atoms. The topological polar surface area (TPSA) is 12.0 Å². The van der Waals surface area contributed by atoms with Gasteiger partial charge in [0, 0.05) is 22.8 Å². The van der Waals surface area contributed by atoms with Crippen LogP contribution in [0.5, 0.6) is 0 Å². The lowest BCUT2D eigenvalue weighted by Crippen LogP contribution is -2.00. The Labute approximate surface area is 113 Å². The van der Waals surface area contributed by atoms with Crippen molar-refractivity contribution in [2.75, 3.05) is 5.32 Å². The van der Waals surface area contributed by atoms with Gasteiger partial charge in [0.1, 0.15) is 11.6 Å². The van der Waals surface area contributed by atoms with Crippen LogP contribution in [0.25, 0.3) is 0 Å². The summed E-state index contributed by atoms with van der Waals surface area (Å²) in [6.07, 6.45) is 0. The van der Waals surface area contributed by atoms with Crippen LogP contribution in [0.3, 0.4) is 0 Å². The number of rotatable bonds is 3. The second kappa shape index (κ2) is 5.48. The summed E-state index contributed by atoms with van der Waals surface area (Å²) in [6, 6.07) is 9.34. The van der Waals surface area contributed by atoms with Crippen LogP contribution in [-0.4, -0.2) is 0 Å². The molecule has 0 atom stereocenters. The summed E-state index contributed by atoms with van der Waals surface area (Å²) in [5.74, 6) is -1.12. The standard InChI is InChI=1S/C14H12BrF2N/c1-9-2-3-13(7-14(9)15)18-8-10-4-11(16)6-12(17)5-10/h2-7,18H,8H2,1H3. The summed E-state index contributed by atoms with van der Waals surface area (Å²) in [5, 5.41) is 3.12. The number of halogens is 3. The first-order valence-electron chi connectivity index (χ1n) is 5.49. The lowest BCUT2D eigenvalue weighted by atomic mass is 10.2. The smallest absolute Gasteiger partial charge is 0.126 e. The molecule has 0 radical (unpaired) electrons. The van der Waals surface area contributed by atoms with Gasteiger partial charge in [-0.3, -0.25) is 0 Å². The first-order valence-corrected chi connectivity index (χ1v) is 6.29. The van der Waals surface area contributed by atoms with Crippen LogP contribution in [-0.2, 0) is 6.54 Å². The maximum Gasteiger partial charge on any atom is 0.126 e. The van der Waals surface area contributed by atoms with Gasteiger partial charge in [0.25, 0.3) is 0 Å². The van der Waals surface area contributed by atoms with Gasteiger partial charge in [-0.25, -0.2) is 8.78 Å². The largest absolute Gasteiger partial charge is 0.381 e. The van der Waals surface area contributed by atoms with Crippen molar-refractivity contribution in [3.05, 3.63) is 63.6 Å². The monoisotopic (exact) mass is 311 g/mol. The second-order valence-electron chi connectivity index (χ2n) is 4.10.